The standard InChI is InChI=1S/C19H33NO/c1-3-5-7-8-9-12-15-20-17-18-13-10-11-14-19(18)21-16-6-4-2/h10-11,13-14,20H,3-9,12,15-17H2,1-2H3. The summed E-state index contributed by atoms with van der Waals surface area (Å²) in [4.78, 5) is 0. The van der Waals surface area contributed by atoms with Crippen LogP contribution in [0.2, 0.25) is 0 Å². The van der Waals surface area contributed by atoms with Crippen LogP contribution in [0.15, 0.2) is 24.3 Å². The van der Waals surface area contributed by atoms with Crippen molar-refractivity contribution in [3.05, 3.63) is 29.8 Å². The molecule has 0 atom stereocenters. The van der Waals surface area contributed by atoms with Gasteiger partial charge >= 0.3 is 0 Å². The summed E-state index contributed by atoms with van der Waals surface area (Å²) >= 11 is 0. The van der Waals surface area contributed by atoms with E-state index in [0.717, 1.165) is 31.9 Å². The number of para-hydroxylation sites is 1. The minimum atomic E-state index is 0.824. The smallest absolute Gasteiger partial charge is 0.123 e. The van der Waals surface area contributed by atoms with E-state index in [9.17, 15) is 0 Å². The van der Waals surface area contributed by atoms with Crippen molar-refractivity contribution in [2.45, 2.75) is 71.8 Å². The summed E-state index contributed by atoms with van der Waals surface area (Å²) < 4.78 is 5.86. The highest BCUT2D eigenvalue weighted by Crippen LogP contribution is 2.18. The van der Waals surface area contributed by atoms with Crippen LogP contribution in [0.3, 0.4) is 0 Å². The molecule has 0 bridgehead atoms. The lowest BCUT2D eigenvalue weighted by Crippen LogP contribution is -2.15. The van der Waals surface area contributed by atoms with Crippen molar-refractivity contribution in [3.8, 4) is 5.75 Å². The molecular weight excluding hydrogens is 258 g/mol. The van der Waals surface area contributed by atoms with Crippen LogP contribution in [0.5, 0.6) is 5.75 Å². The number of hydrogen-bond donors (Lipinski definition) is 1. The number of unbranched alkanes of at least 4 members (excludes halogenated alkanes) is 6. The van der Waals surface area contributed by atoms with Crippen LogP contribution in [0.1, 0.15) is 70.8 Å². The van der Waals surface area contributed by atoms with E-state index in [1.54, 1.807) is 0 Å². The monoisotopic (exact) mass is 291 g/mol. The number of benzene rings is 1. The third-order valence-electron chi connectivity index (χ3n) is 3.75. The van der Waals surface area contributed by atoms with Gasteiger partial charge in [-0.15, -0.1) is 0 Å². The summed E-state index contributed by atoms with van der Waals surface area (Å²) in [6, 6.07) is 8.39. The van der Waals surface area contributed by atoms with E-state index in [-0.39, 0.29) is 0 Å². The first-order chi connectivity index (χ1) is 10.4. The van der Waals surface area contributed by atoms with Crippen LogP contribution < -0.4 is 10.1 Å². The van der Waals surface area contributed by atoms with E-state index in [4.69, 9.17) is 4.74 Å². The molecule has 120 valence electrons. The summed E-state index contributed by atoms with van der Waals surface area (Å²) in [7, 11) is 0. The van der Waals surface area contributed by atoms with Crippen LogP contribution in [-0.4, -0.2) is 13.2 Å². The van der Waals surface area contributed by atoms with Crippen molar-refractivity contribution in [2.24, 2.45) is 0 Å². The van der Waals surface area contributed by atoms with Crippen LogP contribution in [0.25, 0.3) is 0 Å². The number of ether oxygens (including phenoxy) is 1. The lowest BCUT2D eigenvalue weighted by molar-refractivity contribution is 0.305. The third kappa shape index (κ3) is 8.77. The van der Waals surface area contributed by atoms with Crippen molar-refractivity contribution in [3.63, 3.8) is 0 Å². The van der Waals surface area contributed by atoms with Gasteiger partial charge in [-0.2, -0.15) is 0 Å². The molecule has 1 aromatic rings. The fourth-order valence-corrected chi connectivity index (χ4v) is 2.37. The van der Waals surface area contributed by atoms with Gasteiger partial charge in [0.25, 0.3) is 0 Å². The Morgan fingerprint density at radius 2 is 1.57 bits per heavy atom. The Morgan fingerprint density at radius 1 is 0.857 bits per heavy atom. The van der Waals surface area contributed by atoms with E-state index in [1.165, 1.54) is 50.5 Å². The fraction of sp³-hybridized carbons (Fsp3) is 0.684. The molecule has 0 saturated heterocycles. The molecule has 21 heavy (non-hydrogen) atoms. The maximum Gasteiger partial charge on any atom is 0.123 e. The van der Waals surface area contributed by atoms with Crippen molar-refractivity contribution in [1.82, 2.24) is 5.32 Å². The molecule has 1 rings (SSSR count). The second-order valence-electron chi connectivity index (χ2n) is 5.75. The number of rotatable bonds is 13. The summed E-state index contributed by atoms with van der Waals surface area (Å²) in [5.74, 6) is 1.04. The Labute approximate surface area is 131 Å². The highest BCUT2D eigenvalue weighted by molar-refractivity contribution is 5.33. The maximum atomic E-state index is 5.86. The van der Waals surface area contributed by atoms with Crippen molar-refractivity contribution >= 4 is 0 Å². The Morgan fingerprint density at radius 3 is 2.38 bits per heavy atom. The fourth-order valence-electron chi connectivity index (χ4n) is 2.37. The highest BCUT2D eigenvalue weighted by atomic mass is 16.5. The van der Waals surface area contributed by atoms with Crippen molar-refractivity contribution in [1.29, 1.82) is 0 Å². The molecule has 0 aliphatic rings. The molecule has 0 unspecified atom stereocenters. The zero-order valence-electron chi connectivity index (χ0n) is 14.0. The second-order valence-corrected chi connectivity index (χ2v) is 5.75. The van der Waals surface area contributed by atoms with Gasteiger partial charge in [-0.1, -0.05) is 70.6 Å². The van der Waals surface area contributed by atoms with E-state index >= 15 is 0 Å². The van der Waals surface area contributed by atoms with Crippen LogP contribution in [-0.2, 0) is 6.54 Å². The largest absolute Gasteiger partial charge is 0.493 e. The van der Waals surface area contributed by atoms with E-state index in [0.29, 0.717) is 0 Å². The summed E-state index contributed by atoms with van der Waals surface area (Å²) in [6.45, 7) is 7.30. The van der Waals surface area contributed by atoms with Gasteiger partial charge in [0.2, 0.25) is 0 Å². The second kappa shape index (κ2) is 12.7. The lowest BCUT2D eigenvalue weighted by atomic mass is 10.1. The normalized spacial score (nSPS) is 10.8. The molecule has 0 fully saturated rings. The highest BCUT2D eigenvalue weighted by Gasteiger charge is 2.02. The molecule has 1 N–H and O–H groups in total. The van der Waals surface area contributed by atoms with Gasteiger partial charge < -0.3 is 10.1 Å². The molecule has 2 nitrogen and oxygen atoms in total. The average Bonchev–Trinajstić information content (AvgIpc) is 2.51. The first kappa shape index (κ1) is 18.0. The van der Waals surface area contributed by atoms with Crippen molar-refractivity contribution < 1.29 is 4.74 Å². The summed E-state index contributed by atoms with van der Waals surface area (Å²) in [6.07, 6.45) is 10.4. The van der Waals surface area contributed by atoms with E-state index in [1.807, 2.05) is 0 Å². The van der Waals surface area contributed by atoms with E-state index in [2.05, 4.69) is 43.4 Å². The molecule has 0 aliphatic heterocycles. The van der Waals surface area contributed by atoms with Crippen molar-refractivity contribution in [2.75, 3.05) is 13.2 Å². The Hall–Kier alpha value is -1.02. The number of hydrogen-bond acceptors (Lipinski definition) is 2. The first-order valence-electron chi connectivity index (χ1n) is 8.80. The summed E-state index contributed by atoms with van der Waals surface area (Å²) in [5, 5.41) is 3.54. The molecule has 2 heteroatoms. The van der Waals surface area contributed by atoms with Gasteiger partial charge in [0.15, 0.2) is 0 Å². The molecule has 0 spiro atoms. The Kier molecular flexibility index (Phi) is 10.9. The van der Waals surface area contributed by atoms with Gasteiger partial charge in [0.05, 0.1) is 6.61 Å². The minimum Gasteiger partial charge on any atom is -0.493 e. The van der Waals surface area contributed by atoms with Crippen LogP contribution >= 0.6 is 0 Å². The average molecular weight is 291 g/mol. The van der Waals surface area contributed by atoms with Gasteiger partial charge in [-0.3, -0.25) is 0 Å². The molecule has 0 heterocycles. The molecule has 1 aromatic carbocycles. The molecule has 0 radical (unpaired) electrons. The SMILES string of the molecule is CCCCCCCCNCc1ccccc1OCCCC. The molecule has 0 aromatic heterocycles. The van der Waals surface area contributed by atoms with Gasteiger partial charge in [-0.05, 0) is 25.5 Å². The zero-order valence-corrected chi connectivity index (χ0v) is 14.0. The summed E-state index contributed by atoms with van der Waals surface area (Å²) in [5.41, 5.74) is 1.28. The molecular formula is C19H33NO. The van der Waals surface area contributed by atoms with Gasteiger partial charge in [-0.25, -0.2) is 0 Å². The number of nitrogens with one attached hydrogen (secondary N) is 1. The topological polar surface area (TPSA) is 21.3 Å². The zero-order chi connectivity index (χ0) is 15.2. The molecule has 0 amide bonds. The Bertz CT molecular complexity index is 351. The van der Waals surface area contributed by atoms with E-state index < -0.39 is 0 Å². The van der Waals surface area contributed by atoms with Gasteiger partial charge in [0.1, 0.15) is 5.75 Å². The molecule has 0 saturated carbocycles. The van der Waals surface area contributed by atoms with Crippen LogP contribution in [0.4, 0.5) is 0 Å². The van der Waals surface area contributed by atoms with Crippen LogP contribution in [0, 0.1) is 0 Å². The maximum absolute atomic E-state index is 5.86. The lowest BCUT2D eigenvalue weighted by Gasteiger charge is -2.12. The Balaban J connectivity index is 2.16. The minimum absolute atomic E-state index is 0.824. The van der Waals surface area contributed by atoms with Gasteiger partial charge in [0, 0.05) is 12.1 Å². The predicted molar refractivity (Wildman–Crippen MR) is 91.9 cm³/mol. The predicted octanol–water partition coefficient (Wildman–Crippen LogP) is 5.32. The third-order valence-corrected chi connectivity index (χ3v) is 3.75. The first-order valence-corrected chi connectivity index (χ1v) is 8.80. The molecule has 0 aliphatic carbocycles. The quantitative estimate of drug-likeness (QED) is 0.497.